The molecule has 0 N–H and O–H groups in total. The van der Waals surface area contributed by atoms with Gasteiger partial charge in [-0.05, 0) is 118 Å². The lowest BCUT2D eigenvalue weighted by Crippen LogP contribution is -2.01. The molecule has 0 bridgehead atoms. The summed E-state index contributed by atoms with van der Waals surface area (Å²) < 4.78 is 11.6. The number of fused-ring (bicyclic) bond motifs is 11. The van der Waals surface area contributed by atoms with E-state index >= 15 is 0 Å². The van der Waals surface area contributed by atoms with Crippen LogP contribution >= 0.6 is 0 Å². The summed E-state index contributed by atoms with van der Waals surface area (Å²) in [4.78, 5) is 5.66. The molecule has 0 saturated carbocycles. The van der Waals surface area contributed by atoms with Crippen molar-refractivity contribution in [1.29, 1.82) is 0 Å². The Bertz CT molecular complexity index is 4290. The Labute approximate surface area is 392 Å². The lowest BCUT2D eigenvalue weighted by atomic mass is 9.99. The van der Waals surface area contributed by atoms with Gasteiger partial charge in [0, 0.05) is 43.7 Å². The van der Waals surface area contributed by atoms with Gasteiger partial charge in [0.25, 0.3) is 0 Å². The average Bonchev–Trinajstić information content (AvgIpc) is 4.04. The number of hydrogen-bond donors (Lipinski definition) is 0. The van der Waals surface area contributed by atoms with Gasteiger partial charge in [-0.2, -0.15) is 0 Å². The molecule has 0 atom stereocenters. The number of rotatable bonds is 8. The fraction of sp³-hybridized carbons (Fsp3) is 0.0156. The smallest absolute Gasteiger partial charge is 0.138 e. The molecule has 3 aromatic heterocycles. The van der Waals surface area contributed by atoms with Gasteiger partial charge in [0.05, 0.1) is 44.5 Å². The topological polar surface area (TPSA) is 35.4 Å². The fourth-order valence-corrected chi connectivity index (χ4v) is 10.4. The Balaban J connectivity index is 1.04. The van der Waals surface area contributed by atoms with Crippen molar-refractivity contribution < 1.29 is 4.42 Å². The molecule has 13 aromatic rings. The van der Waals surface area contributed by atoms with Crippen LogP contribution in [0.5, 0.6) is 0 Å². The summed E-state index contributed by atoms with van der Waals surface area (Å²) in [5.74, 6) is 0. The van der Waals surface area contributed by atoms with Gasteiger partial charge in [0.2, 0.25) is 0 Å². The summed E-state index contributed by atoms with van der Waals surface area (Å²) in [5.41, 5.74) is 14.1. The van der Waals surface area contributed by atoms with E-state index in [1.165, 1.54) is 43.2 Å². The van der Waals surface area contributed by atoms with Gasteiger partial charge in [-0.1, -0.05) is 158 Å². The lowest BCUT2D eigenvalue weighted by Gasteiger charge is -2.14. The second kappa shape index (κ2) is 15.9. The van der Waals surface area contributed by atoms with E-state index in [9.17, 15) is 0 Å². The standard InChI is InChI=1S/C64H43N3O/c1-3-17-55(48-39-61(64-53-26-13-16-29-62(53)68-63(64)40-48)67-58-28-15-12-25-51(58)54-36-45-20-9-10-21-46(45)38-60(54)67)65-56(47-31-30-42-18-7-8-19-44(42)35-47)34-41(2)43-32-33-52-50-24-11-14-27-57(50)66(59(52)37-43)49-22-5-4-6-23-49/h3-40H,1H2,2H3/b41-34+,55-17+,65-56+. The van der Waals surface area contributed by atoms with Crippen molar-refractivity contribution in [3.05, 3.63) is 254 Å². The van der Waals surface area contributed by atoms with Crippen molar-refractivity contribution >= 4 is 104 Å². The van der Waals surface area contributed by atoms with E-state index in [4.69, 9.17) is 9.41 Å². The lowest BCUT2D eigenvalue weighted by molar-refractivity contribution is 0.668. The zero-order valence-electron chi connectivity index (χ0n) is 37.4. The number of aliphatic imine (C=N–C) groups is 1. The minimum absolute atomic E-state index is 0.765. The van der Waals surface area contributed by atoms with Crippen LogP contribution in [0.4, 0.5) is 0 Å². The van der Waals surface area contributed by atoms with Gasteiger partial charge in [0.1, 0.15) is 11.2 Å². The normalized spacial score (nSPS) is 12.8. The Kier molecular flexibility index (Phi) is 9.19. The van der Waals surface area contributed by atoms with Crippen molar-refractivity contribution in [2.45, 2.75) is 6.92 Å². The minimum Gasteiger partial charge on any atom is -0.456 e. The number of benzene rings is 10. The SMILES string of the molecule is C=C/C=C(/N=C(\C=C(/C)c1ccc2c3ccccc3n(-c3ccccc3)c2c1)c1ccc2ccccc2c1)c1cc(-n2c3ccccc3c3cc4ccccc4cc32)c2c(c1)oc1ccccc12. The van der Waals surface area contributed by atoms with Crippen molar-refractivity contribution in [3.8, 4) is 11.4 Å². The molecule has 0 aliphatic carbocycles. The molecule has 3 heterocycles. The first-order valence-corrected chi connectivity index (χ1v) is 23.1. The third-order valence-corrected chi connectivity index (χ3v) is 13.6. The largest absolute Gasteiger partial charge is 0.456 e. The molecule has 10 aromatic carbocycles. The van der Waals surface area contributed by atoms with Gasteiger partial charge in [-0.3, -0.25) is 0 Å². The molecule has 0 saturated heterocycles. The predicted octanol–water partition coefficient (Wildman–Crippen LogP) is 17.2. The molecular weight excluding hydrogens is 827 g/mol. The van der Waals surface area contributed by atoms with Crippen LogP contribution < -0.4 is 0 Å². The van der Waals surface area contributed by atoms with Crippen molar-refractivity contribution in [3.63, 3.8) is 0 Å². The van der Waals surface area contributed by atoms with Crippen LogP contribution in [-0.2, 0) is 0 Å². The highest BCUT2D eigenvalue weighted by molar-refractivity contribution is 6.19. The van der Waals surface area contributed by atoms with Gasteiger partial charge in [-0.25, -0.2) is 4.99 Å². The Hall–Kier alpha value is -8.99. The molecule has 4 nitrogen and oxygen atoms in total. The number of furan rings is 1. The van der Waals surface area contributed by atoms with Crippen LogP contribution in [0.3, 0.4) is 0 Å². The summed E-state index contributed by atoms with van der Waals surface area (Å²) >= 11 is 0. The summed E-state index contributed by atoms with van der Waals surface area (Å²) in [7, 11) is 0. The third-order valence-electron chi connectivity index (χ3n) is 13.6. The minimum atomic E-state index is 0.765. The second-order valence-corrected chi connectivity index (χ2v) is 17.6. The molecule has 0 spiro atoms. The fourth-order valence-electron chi connectivity index (χ4n) is 10.4. The first-order valence-electron chi connectivity index (χ1n) is 23.1. The van der Waals surface area contributed by atoms with E-state index in [-0.39, 0.29) is 0 Å². The molecule has 4 heteroatoms. The molecule has 68 heavy (non-hydrogen) atoms. The monoisotopic (exact) mass is 869 g/mol. The molecule has 0 aliphatic rings. The van der Waals surface area contributed by atoms with E-state index in [0.717, 1.165) is 88.9 Å². The molecular formula is C64H43N3O. The summed E-state index contributed by atoms with van der Waals surface area (Å²) in [6.45, 7) is 6.41. The Morgan fingerprint density at radius 1 is 0.456 bits per heavy atom. The molecule has 0 fully saturated rings. The van der Waals surface area contributed by atoms with Crippen LogP contribution in [0, 0.1) is 0 Å². The van der Waals surface area contributed by atoms with E-state index in [1.807, 2.05) is 18.2 Å². The zero-order chi connectivity index (χ0) is 45.3. The highest BCUT2D eigenvalue weighted by Crippen LogP contribution is 2.42. The number of aromatic nitrogens is 2. The van der Waals surface area contributed by atoms with E-state index in [0.29, 0.717) is 0 Å². The van der Waals surface area contributed by atoms with E-state index in [2.05, 4.69) is 235 Å². The highest BCUT2D eigenvalue weighted by Gasteiger charge is 2.21. The van der Waals surface area contributed by atoms with Gasteiger partial charge in [-0.15, -0.1) is 0 Å². The molecule has 0 amide bonds. The Morgan fingerprint density at radius 2 is 1.06 bits per heavy atom. The molecule has 0 aliphatic heterocycles. The van der Waals surface area contributed by atoms with Gasteiger partial charge >= 0.3 is 0 Å². The van der Waals surface area contributed by atoms with Crippen molar-refractivity contribution in [2.24, 2.45) is 4.99 Å². The maximum atomic E-state index is 6.78. The maximum Gasteiger partial charge on any atom is 0.138 e. The summed E-state index contributed by atoms with van der Waals surface area (Å²) in [6.07, 6.45) is 6.08. The van der Waals surface area contributed by atoms with Crippen LogP contribution in [0.15, 0.2) is 247 Å². The van der Waals surface area contributed by atoms with Crippen molar-refractivity contribution in [1.82, 2.24) is 9.13 Å². The summed E-state index contributed by atoms with van der Waals surface area (Å²) in [6, 6.07) is 76.0. The predicted molar refractivity (Wildman–Crippen MR) is 289 cm³/mol. The zero-order valence-corrected chi connectivity index (χ0v) is 37.4. The first-order chi connectivity index (χ1) is 33.6. The first kappa shape index (κ1) is 39.4. The molecule has 13 rings (SSSR count). The second-order valence-electron chi connectivity index (χ2n) is 17.6. The number of allylic oxidation sites excluding steroid dienone is 4. The van der Waals surface area contributed by atoms with E-state index < -0.39 is 0 Å². The maximum absolute atomic E-state index is 6.78. The summed E-state index contributed by atoms with van der Waals surface area (Å²) in [5, 5.41) is 11.7. The number of para-hydroxylation sites is 4. The molecule has 0 unspecified atom stereocenters. The number of nitrogens with zero attached hydrogens (tertiary/aromatic N) is 3. The Morgan fingerprint density at radius 3 is 1.84 bits per heavy atom. The van der Waals surface area contributed by atoms with Crippen LogP contribution in [0.1, 0.15) is 23.6 Å². The highest BCUT2D eigenvalue weighted by atomic mass is 16.3. The average molecular weight is 870 g/mol. The third kappa shape index (κ3) is 6.41. The number of hydrogen-bond acceptors (Lipinski definition) is 2. The quantitative estimate of drug-likeness (QED) is 0.111. The van der Waals surface area contributed by atoms with Crippen LogP contribution in [-0.4, -0.2) is 14.8 Å². The molecule has 320 valence electrons. The van der Waals surface area contributed by atoms with Crippen molar-refractivity contribution in [2.75, 3.05) is 0 Å². The van der Waals surface area contributed by atoms with Gasteiger partial charge in [0.15, 0.2) is 0 Å². The van der Waals surface area contributed by atoms with Crippen LogP contribution in [0.25, 0.3) is 110 Å². The van der Waals surface area contributed by atoms with Gasteiger partial charge < -0.3 is 13.6 Å². The van der Waals surface area contributed by atoms with Crippen LogP contribution in [0.2, 0.25) is 0 Å². The molecule has 0 radical (unpaired) electrons. The van der Waals surface area contributed by atoms with E-state index in [1.54, 1.807) is 0 Å².